The number of nitrogens with zero attached hydrogens (tertiary/aromatic N) is 1. The van der Waals surface area contributed by atoms with Gasteiger partial charge in [0.05, 0.1) is 17.9 Å². The number of amides is 2. The summed E-state index contributed by atoms with van der Waals surface area (Å²) < 4.78 is 21.7. The first-order valence-corrected chi connectivity index (χ1v) is 12.1. The third-order valence-corrected chi connectivity index (χ3v) is 6.82. The summed E-state index contributed by atoms with van der Waals surface area (Å²) in [4.78, 5) is 37.6. The van der Waals surface area contributed by atoms with Gasteiger partial charge in [0.25, 0.3) is 11.5 Å². The lowest BCUT2D eigenvalue weighted by Crippen LogP contribution is -2.33. The molecule has 2 amide bonds. The fourth-order valence-corrected chi connectivity index (χ4v) is 4.58. The Morgan fingerprint density at radius 2 is 1.94 bits per heavy atom. The zero-order valence-electron chi connectivity index (χ0n) is 20.2. The van der Waals surface area contributed by atoms with Crippen LogP contribution in [0, 0.1) is 11.7 Å². The van der Waals surface area contributed by atoms with Crippen molar-refractivity contribution in [2.45, 2.75) is 45.8 Å². The Labute approximate surface area is 213 Å². The van der Waals surface area contributed by atoms with Crippen LogP contribution in [0.25, 0.3) is 11.1 Å². The molecule has 188 valence electrons. The van der Waals surface area contributed by atoms with E-state index in [9.17, 15) is 18.8 Å². The molecule has 36 heavy (non-hydrogen) atoms. The van der Waals surface area contributed by atoms with E-state index in [1.165, 1.54) is 22.8 Å². The lowest BCUT2D eigenvalue weighted by molar-refractivity contribution is -0.119. The van der Waals surface area contributed by atoms with E-state index in [4.69, 9.17) is 22.1 Å². The van der Waals surface area contributed by atoms with Gasteiger partial charge in [-0.2, -0.15) is 0 Å². The van der Waals surface area contributed by atoms with Crippen LogP contribution in [0.5, 0.6) is 5.75 Å². The van der Waals surface area contributed by atoms with E-state index in [-0.39, 0.29) is 28.8 Å². The van der Waals surface area contributed by atoms with Crippen LogP contribution in [0.1, 0.15) is 49.2 Å². The number of rotatable bonds is 5. The highest BCUT2D eigenvalue weighted by Gasteiger charge is 2.27. The largest absolute Gasteiger partial charge is 0.488 e. The fourth-order valence-electron chi connectivity index (χ4n) is 4.41. The molecule has 0 aliphatic carbocycles. The first-order valence-electron chi connectivity index (χ1n) is 11.7. The molecule has 2 aromatic carbocycles. The SMILES string of the molecule is CC[C@@H](C(=O)Nc1ccc(C(N)=O)c(F)c1)n1cc2c(cc1=O)-c1cc(Cl)ccc1C[C@@H](C)[C@@H](C)O2. The van der Waals surface area contributed by atoms with Crippen molar-refractivity contribution in [3.05, 3.63) is 81.0 Å². The van der Waals surface area contributed by atoms with Crippen LogP contribution in [-0.2, 0) is 11.2 Å². The molecule has 4 rings (SSSR count). The highest BCUT2D eigenvalue weighted by molar-refractivity contribution is 6.30. The number of aromatic nitrogens is 1. The minimum absolute atomic E-state index is 0.140. The van der Waals surface area contributed by atoms with Gasteiger partial charge in [-0.3, -0.25) is 19.0 Å². The van der Waals surface area contributed by atoms with E-state index in [1.54, 1.807) is 13.1 Å². The summed E-state index contributed by atoms with van der Waals surface area (Å²) in [5.74, 6) is -1.60. The number of primary amides is 1. The lowest BCUT2D eigenvalue weighted by atomic mass is 9.89. The van der Waals surface area contributed by atoms with Crippen molar-refractivity contribution in [3.63, 3.8) is 0 Å². The quantitative estimate of drug-likeness (QED) is 0.505. The van der Waals surface area contributed by atoms with E-state index in [2.05, 4.69) is 12.2 Å². The number of halogens is 2. The molecule has 3 aromatic rings. The summed E-state index contributed by atoms with van der Waals surface area (Å²) in [5, 5.41) is 3.16. The Morgan fingerprint density at radius 3 is 2.61 bits per heavy atom. The van der Waals surface area contributed by atoms with Crippen molar-refractivity contribution in [2.75, 3.05) is 5.32 Å². The predicted octanol–water partition coefficient (Wildman–Crippen LogP) is 4.96. The van der Waals surface area contributed by atoms with Crippen LogP contribution in [0.4, 0.5) is 10.1 Å². The van der Waals surface area contributed by atoms with Gasteiger partial charge in [0, 0.05) is 22.3 Å². The van der Waals surface area contributed by atoms with Crippen molar-refractivity contribution in [2.24, 2.45) is 11.7 Å². The minimum atomic E-state index is -0.907. The van der Waals surface area contributed by atoms with Crippen molar-refractivity contribution >= 4 is 29.1 Å². The molecule has 0 fully saturated rings. The molecular formula is C27H27ClFN3O4. The average Bonchev–Trinajstić information content (AvgIpc) is 2.81. The van der Waals surface area contributed by atoms with E-state index in [1.807, 2.05) is 25.1 Å². The molecule has 2 heterocycles. The van der Waals surface area contributed by atoms with E-state index in [0.29, 0.717) is 22.8 Å². The molecule has 0 spiro atoms. The Bertz CT molecular complexity index is 1400. The third kappa shape index (κ3) is 4.99. The summed E-state index contributed by atoms with van der Waals surface area (Å²) in [5.41, 5.74) is 7.11. The summed E-state index contributed by atoms with van der Waals surface area (Å²) in [6.45, 7) is 5.83. The normalized spacial score (nSPS) is 17.6. The Hall–Kier alpha value is -3.65. The zero-order valence-corrected chi connectivity index (χ0v) is 20.9. The number of hydrogen-bond donors (Lipinski definition) is 2. The molecular weight excluding hydrogens is 485 g/mol. The van der Waals surface area contributed by atoms with Crippen LogP contribution < -0.4 is 21.3 Å². The smallest absolute Gasteiger partial charge is 0.252 e. The number of carbonyl (C=O) groups excluding carboxylic acids is 2. The molecule has 1 aliphatic heterocycles. The zero-order chi connectivity index (χ0) is 26.1. The molecule has 0 unspecified atom stereocenters. The number of nitrogens with one attached hydrogen (secondary N) is 1. The van der Waals surface area contributed by atoms with Crippen molar-refractivity contribution in [1.29, 1.82) is 0 Å². The van der Waals surface area contributed by atoms with Gasteiger partial charge in [0.2, 0.25) is 5.91 Å². The van der Waals surface area contributed by atoms with Gasteiger partial charge in [-0.15, -0.1) is 0 Å². The highest BCUT2D eigenvalue weighted by atomic mass is 35.5. The number of pyridine rings is 1. The standard InChI is InChI=1S/C27H27ClFN3O4/c1-4-23(27(35)31-18-7-8-19(26(30)34)22(29)11-18)32-13-24-21(12-25(32)33)20-10-17(28)6-5-16(20)9-14(2)15(3)36-24/h5-8,10-15,23H,4,9H2,1-3H3,(H2,30,34)(H,31,35)/t14-,15-,23+/m1/s1. The lowest BCUT2D eigenvalue weighted by Gasteiger charge is -2.29. The summed E-state index contributed by atoms with van der Waals surface area (Å²) in [7, 11) is 0. The maximum absolute atomic E-state index is 14.2. The van der Waals surface area contributed by atoms with Gasteiger partial charge >= 0.3 is 0 Å². The number of nitrogens with two attached hydrogens (primary N) is 1. The van der Waals surface area contributed by atoms with Gasteiger partial charge in [0.15, 0.2) is 0 Å². The molecule has 9 heteroatoms. The second kappa shape index (κ2) is 10.1. The number of fused-ring (bicyclic) bond motifs is 3. The van der Waals surface area contributed by atoms with Crippen LogP contribution in [0.15, 0.2) is 53.5 Å². The second-order valence-electron chi connectivity index (χ2n) is 9.07. The second-order valence-corrected chi connectivity index (χ2v) is 9.51. The molecule has 1 aromatic heterocycles. The van der Waals surface area contributed by atoms with E-state index in [0.717, 1.165) is 23.6 Å². The summed E-state index contributed by atoms with van der Waals surface area (Å²) in [6.07, 6.45) is 2.47. The summed E-state index contributed by atoms with van der Waals surface area (Å²) >= 11 is 6.27. The molecule has 0 saturated heterocycles. The first kappa shape index (κ1) is 25.4. The van der Waals surface area contributed by atoms with Gasteiger partial charge < -0.3 is 15.8 Å². The topological polar surface area (TPSA) is 103 Å². The Kier molecular flexibility index (Phi) is 7.17. The van der Waals surface area contributed by atoms with Gasteiger partial charge in [-0.1, -0.05) is 31.5 Å². The van der Waals surface area contributed by atoms with Crippen molar-refractivity contribution < 1.29 is 18.7 Å². The molecule has 0 radical (unpaired) electrons. The third-order valence-electron chi connectivity index (χ3n) is 6.59. The van der Waals surface area contributed by atoms with Crippen molar-refractivity contribution in [1.82, 2.24) is 4.57 Å². The molecule has 1 aliphatic rings. The maximum atomic E-state index is 14.2. The fraction of sp³-hybridized carbons (Fsp3) is 0.296. The first-order chi connectivity index (χ1) is 17.1. The number of anilines is 1. The molecule has 0 saturated carbocycles. The average molecular weight is 512 g/mol. The van der Waals surface area contributed by atoms with Crippen LogP contribution in [-0.4, -0.2) is 22.5 Å². The monoisotopic (exact) mass is 511 g/mol. The van der Waals surface area contributed by atoms with Gasteiger partial charge in [-0.05, 0) is 67.1 Å². The Morgan fingerprint density at radius 1 is 1.19 bits per heavy atom. The molecule has 3 N–H and O–H groups in total. The minimum Gasteiger partial charge on any atom is -0.488 e. The predicted molar refractivity (Wildman–Crippen MR) is 137 cm³/mol. The van der Waals surface area contributed by atoms with Gasteiger partial charge in [0.1, 0.15) is 17.6 Å². The number of ether oxygens (including phenoxy) is 1. The maximum Gasteiger partial charge on any atom is 0.252 e. The van der Waals surface area contributed by atoms with Crippen LogP contribution in [0.2, 0.25) is 5.02 Å². The molecule has 7 nitrogen and oxygen atoms in total. The molecule has 3 atom stereocenters. The number of carbonyl (C=O) groups is 2. The number of hydrogen-bond acceptors (Lipinski definition) is 4. The summed E-state index contributed by atoms with van der Waals surface area (Å²) in [6, 6.07) is 9.78. The number of benzene rings is 2. The van der Waals surface area contributed by atoms with E-state index >= 15 is 0 Å². The Balaban J connectivity index is 1.73. The highest BCUT2D eigenvalue weighted by Crippen LogP contribution is 2.38. The van der Waals surface area contributed by atoms with Crippen LogP contribution >= 0.6 is 11.6 Å². The van der Waals surface area contributed by atoms with Crippen LogP contribution in [0.3, 0.4) is 0 Å². The van der Waals surface area contributed by atoms with Gasteiger partial charge in [-0.25, -0.2) is 4.39 Å². The van der Waals surface area contributed by atoms with Crippen molar-refractivity contribution in [3.8, 4) is 16.9 Å². The van der Waals surface area contributed by atoms with E-state index < -0.39 is 23.7 Å². The molecule has 0 bridgehead atoms.